The van der Waals surface area contributed by atoms with Crippen LogP contribution in [0.2, 0.25) is 0 Å². The van der Waals surface area contributed by atoms with E-state index in [0.717, 1.165) is 35.5 Å². The van der Waals surface area contributed by atoms with Crippen LogP contribution in [0.3, 0.4) is 0 Å². The third-order valence-corrected chi connectivity index (χ3v) is 4.27. The summed E-state index contributed by atoms with van der Waals surface area (Å²) < 4.78 is 5.73. The second-order valence-corrected chi connectivity index (χ2v) is 6.29. The Hall–Kier alpha value is -1.38. The normalized spacial score (nSPS) is 22.8. The third-order valence-electron chi connectivity index (χ3n) is 4.27. The number of hydrogen-bond donors (Lipinski definition) is 2. The number of nitrogens with one attached hydrogen (secondary N) is 1. The van der Waals surface area contributed by atoms with E-state index in [1.54, 1.807) is 0 Å². The molecule has 1 fully saturated rings. The van der Waals surface area contributed by atoms with Crippen LogP contribution in [-0.4, -0.2) is 12.6 Å². The molecule has 1 saturated carbocycles. The van der Waals surface area contributed by atoms with Gasteiger partial charge in [0.1, 0.15) is 5.75 Å². The van der Waals surface area contributed by atoms with E-state index in [9.17, 15) is 0 Å². The number of anilines is 2. The highest BCUT2D eigenvalue weighted by atomic mass is 16.5. The molecule has 112 valence electrons. The summed E-state index contributed by atoms with van der Waals surface area (Å²) in [5, 5.41) is 3.52. The lowest BCUT2D eigenvalue weighted by Gasteiger charge is -2.29. The van der Waals surface area contributed by atoms with Crippen molar-refractivity contribution in [2.75, 3.05) is 17.6 Å². The quantitative estimate of drug-likeness (QED) is 0.788. The fraction of sp³-hybridized carbons (Fsp3) is 0.647. The van der Waals surface area contributed by atoms with Gasteiger partial charge in [-0.05, 0) is 44.2 Å². The maximum atomic E-state index is 6.19. The molecule has 0 aliphatic heterocycles. The molecule has 0 heterocycles. The molecule has 20 heavy (non-hydrogen) atoms. The fourth-order valence-electron chi connectivity index (χ4n) is 2.99. The first-order chi connectivity index (χ1) is 9.58. The molecule has 1 aliphatic rings. The molecule has 3 N–H and O–H groups in total. The van der Waals surface area contributed by atoms with E-state index in [1.165, 1.54) is 25.7 Å². The molecule has 3 nitrogen and oxygen atoms in total. The van der Waals surface area contributed by atoms with Crippen molar-refractivity contribution < 1.29 is 4.74 Å². The number of para-hydroxylation sites is 1. The lowest BCUT2D eigenvalue weighted by atomic mass is 9.80. The molecule has 0 saturated heterocycles. The molecule has 0 aromatic heterocycles. The second kappa shape index (κ2) is 6.87. The Bertz CT molecular complexity index is 431. The van der Waals surface area contributed by atoms with Crippen LogP contribution in [0.1, 0.15) is 46.5 Å². The Kier molecular flexibility index (Phi) is 5.16. The molecule has 1 aromatic rings. The van der Waals surface area contributed by atoms with E-state index in [1.807, 2.05) is 32.0 Å². The summed E-state index contributed by atoms with van der Waals surface area (Å²) in [5.74, 6) is 2.35. The van der Waals surface area contributed by atoms with Gasteiger partial charge in [-0.3, -0.25) is 0 Å². The Labute approximate surface area is 122 Å². The monoisotopic (exact) mass is 276 g/mol. The molecule has 0 spiro atoms. The van der Waals surface area contributed by atoms with Crippen LogP contribution < -0.4 is 15.8 Å². The number of benzene rings is 1. The highest BCUT2D eigenvalue weighted by Gasteiger charge is 2.21. The SMILES string of the molecule is CC(C)Oc1cccc(NCC2CCCCC2C)c1N. The highest BCUT2D eigenvalue weighted by Crippen LogP contribution is 2.33. The van der Waals surface area contributed by atoms with Crippen molar-refractivity contribution in [3.05, 3.63) is 18.2 Å². The summed E-state index contributed by atoms with van der Waals surface area (Å²) in [4.78, 5) is 0. The summed E-state index contributed by atoms with van der Waals surface area (Å²) in [6, 6.07) is 5.97. The van der Waals surface area contributed by atoms with Crippen LogP contribution >= 0.6 is 0 Å². The maximum Gasteiger partial charge on any atom is 0.144 e. The van der Waals surface area contributed by atoms with E-state index < -0.39 is 0 Å². The van der Waals surface area contributed by atoms with Gasteiger partial charge < -0.3 is 15.8 Å². The van der Waals surface area contributed by atoms with Gasteiger partial charge in [0.15, 0.2) is 0 Å². The standard InChI is InChI=1S/C17H28N2O/c1-12(2)20-16-10-6-9-15(17(16)18)19-11-14-8-5-4-7-13(14)3/h6,9-10,12-14,19H,4-5,7-8,11,18H2,1-3H3. The molecule has 0 radical (unpaired) electrons. The van der Waals surface area contributed by atoms with E-state index in [4.69, 9.17) is 10.5 Å². The number of hydrogen-bond acceptors (Lipinski definition) is 3. The molecule has 3 heteroatoms. The van der Waals surface area contributed by atoms with Crippen molar-refractivity contribution >= 4 is 11.4 Å². The minimum atomic E-state index is 0.144. The molecule has 0 amide bonds. The molecule has 2 atom stereocenters. The summed E-state index contributed by atoms with van der Waals surface area (Å²) in [6.45, 7) is 7.41. The van der Waals surface area contributed by atoms with Crippen molar-refractivity contribution in [3.63, 3.8) is 0 Å². The number of rotatable bonds is 5. The van der Waals surface area contributed by atoms with Crippen molar-refractivity contribution in [3.8, 4) is 5.75 Å². The molecular weight excluding hydrogens is 248 g/mol. The van der Waals surface area contributed by atoms with Gasteiger partial charge in [0.2, 0.25) is 0 Å². The van der Waals surface area contributed by atoms with Crippen LogP contribution in [0.15, 0.2) is 18.2 Å². The largest absolute Gasteiger partial charge is 0.489 e. The Morgan fingerprint density at radius 3 is 2.75 bits per heavy atom. The van der Waals surface area contributed by atoms with Gasteiger partial charge >= 0.3 is 0 Å². The first-order valence-electron chi connectivity index (χ1n) is 7.87. The third kappa shape index (κ3) is 3.81. The molecule has 0 bridgehead atoms. The van der Waals surface area contributed by atoms with Crippen molar-refractivity contribution in [2.45, 2.75) is 52.6 Å². The second-order valence-electron chi connectivity index (χ2n) is 6.29. The van der Waals surface area contributed by atoms with Gasteiger partial charge in [0, 0.05) is 6.54 Å². The summed E-state index contributed by atoms with van der Waals surface area (Å²) in [5.41, 5.74) is 7.92. The lowest BCUT2D eigenvalue weighted by molar-refractivity contribution is 0.244. The van der Waals surface area contributed by atoms with Crippen LogP contribution in [0, 0.1) is 11.8 Å². The van der Waals surface area contributed by atoms with Gasteiger partial charge in [0.25, 0.3) is 0 Å². The van der Waals surface area contributed by atoms with Crippen LogP contribution in [0.5, 0.6) is 5.75 Å². The zero-order chi connectivity index (χ0) is 14.5. The molecule has 2 rings (SSSR count). The fourth-order valence-corrected chi connectivity index (χ4v) is 2.99. The molecular formula is C17H28N2O. The van der Waals surface area contributed by atoms with E-state index in [2.05, 4.69) is 12.2 Å². The van der Waals surface area contributed by atoms with Gasteiger partial charge in [0.05, 0.1) is 17.5 Å². The zero-order valence-electron chi connectivity index (χ0n) is 13.0. The van der Waals surface area contributed by atoms with Gasteiger partial charge in [-0.15, -0.1) is 0 Å². The van der Waals surface area contributed by atoms with E-state index >= 15 is 0 Å². The van der Waals surface area contributed by atoms with Crippen LogP contribution in [0.4, 0.5) is 11.4 Å². The number of nitrogen functional groups attached to an aromatic ring is 1. The summed E-state index contributed by atoms with van der Waals surface area (Å²) >= 11 is 0. The highest BCUT2D eigenvalue weighted by molar-refractivity contribution is 5.72. The van der Waals surface area contributed by atoms with Crippen molar-refractivity contribution in [1.82, 2.24) is 0 Å². The predicted molar refractivity (Wildman–Crippen MR) is 86.2 cm³/mol. The zero-order valence-corrected chi connectivity index (χ0v) is 13.0. The Morgan fingerprint density at radius 1 is 1.30 bits per heavy atom. The molecule has 2 unspecified atom stereocenters. The topological polar surface area (TPSA) is 47.3 Å². The van der Waals surface area contributed by atoms with Crippen LogP contribution in [-0.2, 0) is 0 Å². The lowest BCUT2D eigenvalue weighted by Crippen LogP contribution is -2.24. The predicted octanol–water partition coefficient (Wildman–Crippen LogP) is 4.29. The van der Waals surface area contributed by atoms with Gasteiger partial charge in [-0.25, -0.2) is 0 Å². The summed E-state index contributed by atoms with van der Waals surface area (Å²) in [7, 11) is 0. The van der Waals surface area contributed by atoms with E-state index in [0.29, 0.717) is 0 Å². The van der Waals surface area contributed by atoms with Gasteiger partial charge in [-0.2, -0.15) is 0 Å². The maximum absolute atomic E-state index is 6.19. The first kappa shape index (κ1) is 15.0. The smallest absolute Gasteiger partial charge is 0.144 e. The minimum Gasteiger partial charge on any atom is -0.489 e. The van der Waals surface area contributed by atoms with Crippen molar-refractivity contribution in [1.29, 1.82) is 0 Å². The number of nitrogens with two attached hydrogens (primary N) is 1. The Balaban J connectivity index is 1.98. The Morgan fingerprint density at radius 2 is 2.05 bits per heavy atom. The molecule has 1 aromatic carbocycles. The van der Waals surface area contributed by atoms with Crippen molar-refractivity contribution in [2.24, 2.45) is 11.8 Å². The first-order valence-corrected chi connectivity index (χ1v) is 7.87. The number of ether oxygens (including phenoxy) is 1. The van der Waals surface area contributed by atoms with Gasteiger partial charge in [-0.1, -0.05) is 32.3 Å². The summed E-state index contributed by atoms with van der Waals surface area (Å²) in [6.07, 6.45) is 5.58. The van der Waals surface area contributed by atoms with Crippen LogP contribution in [0.25, 0.3) is 0 Å². The average Bonchev–Trinajstić information content (AvgIpc) is 2.41. The minimum absolute atomic E-state index is 0.144. The average molecular weight is 276 g/mol. The molecule has 1 aliphatic carbocycles. The van der Waals surface area contributed by atoms with E-state index in [-0.39, 0.29) is 6.10 Å².